The molecule has 0 spiro atoms. The summed E-state index contributed by atoms with van der Waals surface area (Å²) in [4.78, 5) is 29.8. The fourth-order valence-corrected chi connectivity index (χ4v) is 2.67. The number of urea groups is 1. The fraction of sp³-hybridized carbons (Fsp3) is 0.316. The summed E-state index contributed by atoms with van der Waals surface area (Å²) in [6, 6.07) is 10.5. The highest BCUT2D eigenvalue weighted by Gasteiger charge is 2.12. The van der Waals surface area contributed by atoms with Crippen LogP contribution < -0.4 is 20.9 Å². The van der Waals surface area contributed by atoms with E-state index in [1.54, 1.807) is 18.3 Å². The Kier molecular flexibility index (Phi) is 6.64. The van der Waals surface area contributed by atoms with Crippen LogP contribution in [-0.4, -0.2) is 50.5 Å². The van der Waals surface area contributed by atoms with Crippen molar-refractivity contribution in [2.45, 2.75) is 6.54 Å². The topological polar surface area (TPSA) is 105 Å². The van der Waals surface area contributed by atoms with Crippen molar-refractivity contribution in [2.75, 3.05) is 48.9 Å². The predicted octanol–water partition coefficient (Wildman–Crippen LogP) is 2.42. The van der Waals surface area contributed by atoms with Crippen molar-refractivity contribution in [3.8, 4) is 0 Å². The Labute approximate surface area is 163 Å². The third-order valence-corrected chi connectivity index (χ3v) is 4.18. The van der Waals surface area contributed by atoms with Crippen molar-refractivity contribution in [3.05, 3.63) is 48.2 Å². The molecule has 3 amide bonds. The first kappa shape index (κ1) is 19.4. The van der Waals surface area contributed by atoms with Gasteiger partial charge in [0.1, 0.15) is 5.82 Å². The Balaban J connectivity index is 1.45. The molecule has 2 heterocycles. The normalized spacial score (nSPS) is 13.5. The van der Waals surface area contributed by atoms with Gasteiger partial charge in [0.15, 0.2) is 0 Å². The van der Waals surface area contributed by atoms with Crippen LogP contribution in [0.25, 0.3) is 0 Å². The molecule has 1 fully saturated rings. The van der Waals surface area contributed by atoms with Gasteiger partial charge >= 0.3 is 12.1 Å². The number of amides is 3. The van der Waals surface area contributed by atoms with Crippen molar-refractivity contribution >= 4 is 29.3 Å². The molecule has 1 aromatic carbocycles. The standard InChI is InChI=1S/C19H23N5O4/c1-27-19(26)23-15-4-2-14(3-5-15)12-21-18(25)22-16-6-7-17(20-13-16)24-8-10-28-11-9-24/h2-7,13H,8-12H2,1H3,(H,23,26)(H2,21,22,25). The number of morpholine rings is 1. The molecule has 0 unspecified atom stereocenters. The third kappa shape index (κ3) is 5.58. The molecule has 9 nitrogen and oxygen atoms in total. The summed E-state index contributed by atoms with van der Waals surface area (Å²) in [7, 11) is 1.30. The van der Waals surface area contributed by atoms with Gasteiger partial charge in [0.25, 0.3) is 0 Å². The van der Waals surface area contributed by atoms with Gasteiger partial charge in [-0.2, -0.15) is 0 Å². The van der Waals surface area contributed by atoms with E-state index in [1.165, 1.54) is 7.11 Å². The summed E-state index contributed by atoms with van der Waals surface area (Å²) in [6.45, 7) is 3.37. The minimum atomic E-state index is -0.529. The number of benzene rings is 1. The molecule has 2 aromatic rings. The van der Waals surface area contributed by atoms with Crippen LogP contribution in [0.5, 0.6) is 0 Å². The number of anilines is 3. The monoisotopic (exact) mass is 385 g/mol. The number of rotatable bonds is 5. The number of carbonyl (C=O) groups excluding carboxylic acids is 2. The van der Waals surface area contributed by atoms with E-state index >= 15 is 0 Å². The average Bonchev–Trinajstić information content (AvgIpc) is 2.74. The van der Waals surface area contributed by atoms with E-state index in [-0.39, 0.29) is 6.03 Å². The number of aromatic nitrogens is 1. The van der Waals surface area contributed by atoms with Crippen LogP contribution in [0, 0.1) is 0 Å². The van der Waals surface area contributed by atoms with Crippen LogP contribution in [0.1, 0.15) is 5.56 Å². The number of nitrogens with zero attached hydrogens (tertiary/aromatic N) is 2. The smallest absolute Gasteiger partial charge is 0.411 e. The minimum Gasteiger partial charge on any atom is -0.453 e. The Bertz CT molecular complexity index is 789. The molecule has 3 rings (SSSR count). The predicted molar refractivity (Wildman–Crippen MR) is 106 cm³/mol. The van der Waals surface area contributed by atoms with E-state index in [2.05, 4.69) is 30.6 Å². The van der Waals surface area contributed by atoms with E-state index < -0.39 is 6.09 Å². The molecule has 0 aliphatic carbocycles. The van der Waals surface area contributed by atoms with Gasteiger partial charge in [-0.05, 0) is 29.8 Å². The maximum absolute atomic E-state index is 12.1. The number of hydrogen-bond acceptors (Lipinski definition) is 6. The molecule has 28 heavy (non-hydrogen) atoms. The number of ether oxygens (including phenoxy) is 2. The molecule has 1 aliphatic heterocycles. The lowest BCUT2D eigenvalue weighted by atomic mass is 10.2. The van der Waals surface area contributed by atoms with Gasteiger partial charge < -0.3 is 25.0 Å². The maximum atomic E-state index is 12.1. The van der Waals surface area contributed by atoms with Crippen LogP contribution in [-0.2, 0) is 16.0 Å². The number of hydrogen-bond donors (Lipinski definition) is 3. The van der Waals surface area contributed by atoms with Crippen LogP contribution in [0.15, 0.2) is 42.6 Å². The van der Waals surface area contributed by atoms with Gasteiger partial charge in [0.05, 0.1) is 32.2 Å². The average molecular weight is 385 g/mol. The first-order valence-corrected chi connectivity index (χ1v) is 8.91. The Hall–Kier alpha value is -3.33. The van der Waals surface area contributed by atoms with E-state index in [0.717, 1.165) is 24.5 Å². The zero-order valence-electron chi connectivity index (χ0n) is 15.6. The van der Waals surface area contributed by atoms with Crippen LogP contribution in [0.4, 0.5) is 26.8 Å². The van der Waals surface area contributed by atoms with E-state index in [0.29, 0.717) is 31.1 Å². The van der Waals surface area contributed by atoms with Gasteiger partial charge in [-0.25, -0.2) is 14.6 Å². The van der Waals surface area contributed by atoms with Gasteiger partial charge in [-0.3, -0.25) is 5.32 Å². The summed E-state index contributed by atoms with van der Waals surface area (Å²) in [5, 5.41) is 8.10. The van der Waals surface area contributed by atoms with Crippen molar-refractivity contribution in [3.63, 3.8) is 0 Å². The summed E-state index contributed by atoms with van der Waals surface area (Å²) in [5.74, 6) is 0.870. The molecule has 1 saturated heterocycles. The molecule has 1 aliphatic rings. The highest BCUT2D eigenvalue weighted by atomic mass is 16.5. The minimum absolute atomic E-state index is 0.322. The molecule has 1 aromatic heterocycles. The van der Waals surface area contributed by atoms with Crippen molar-refractivity contribution in [1.29, 1.82) is 0 Å². The molecule has 148 valence electrons. The first-order valence-electron chi connectivity index (χ1n) is 8.91. The summed E-state index contributed by atoms with van der Waals surface area (Å²) < 4.78 is 9.86. The molecular formula is C19H23N5O4. The van der Waals surface area contributed by atoms with E-state index in [1.807, 2.05) is 24.3 Å². The lowest BCUT2D eigenvalue weighted by Crippen LogP contribution is -2.36. The Morgan fingerprint density at radius 2 is 1.79 bits per heavy atom. The lowest BCUT2D eigenvalue weighted by Gasteiger charge is -2.27. The fourth-order valence-electron chi connectivity index (χ4n) is 2.67. The zero-order valence-corrected chi connectivity index (χ0v) is 15.6. The molecule has 3 N–H and O–H groups in total. The highest BCUT2D eigenvalue weighted by Crippen LogP contribution is 2.15. The Morgan fingerprint density at radius 1 is 1.07 bits per heavy atom. The number of pyridine rings is 1. The zero-order chi connectivity index (χ0) is 19.8. The summed E-state index contributed by atoms with van der Waals surface area (Å²) >= 11 is 0. The molecule has 0 radical (unpaired) electrons. The van der Waals surface area contributed by atoms with Crippen LogP contribution in [0.3, 0.4) is 0 Å². The molecule has 9 heteroatoms. The van der Waals surface area contributed by atoms with Crippen LogP contribution >= 0.6 is 0 Å². The first-order chi connectivity index (χ1) is 13.6. The number of nitrogens with one attached hydrogen (secondary N) is 3. The SMILES string of the molecule is COC(=O)Nc1ccc(CNC(=O)Nc2ccc(N3CCOCC3)nc2)cc1. The van der Waals surface area contributed by atoms with E-state index in [4.69, 9.17) is 4.74 Å². The largest absolute Gasteiger partial charge is 0.453 e. The van der Waals surface area contributed by atoms with Gasteiger partial charge in [0, 0.05) is 25.3 Å². The second-order valence-corrected chi connectivity index (χ2v) is 6.13. The van der Waals surface area contributed by atoms with Crippen molar-refractivity contribution in [2.24, 2.45) is 0 Å². The third-order valence-electron chi connectivity index (χ3n) is 4.18. The number of carbonyl (C=O) groups is 2. The van der Waals surface area contributed by atoms with Crippen molar-refractivity contribution in [1.82, 2.24) is 10.3 Å². The van der Waals surface area contributed by atoms with Gasteiger partial charge in [0.2, 0.25) is 0 Å². The van der Waals surface area contributed by atoms with Gasteiger partial charge in [-0.1, -0.05) is 12.1 Å². The highest BCUT2D eigenvalue weighted by molar-refractivity contribution is 5.89. The summed E-state index contributed by atoms with van der Waals surface area (Å²) in [6.07, 6.45) is 1.11. The lowest BCUT2D eigenvalue weighted by molar-refractivity contribution is 0.122. The second-order valence-electron chi connectivity index (χ2n) is 6.13. The molecular weight excluding hydrogens is 362 g/mol. The van der Waals surface area contributed by atoms with Crippen LogP contribution in [0.2, 0.25) is 0 Å². The number of methoxy groups -OCH3 is 1. The van der Waals surface area contributed by atoms with Crippen molar-refractivity contribution < 1.29 is 19.1 Å². The second kappa shape index (κ2) is 9.56. The molecule has 0 atom stereocenters. The quantitative estimate of drug-likeness (QED) is 0.730. The van der Waals surface area contributed by atoms with E-state index in [9.17, 15) is 9.59 Å². The maximum Gasteiger partial charge on any atom is 0.411 e. The molecule has 0 bridgehead atoms. The van der Waals surface area contributed by atoms with Gasteiger partial charge in [-0.15, -0.1) is 0 Å². The molecule has 0 saturated carbocycles. The Morgan fingerprint density at radius 3 is 2.43 bits per heavy atom. The summed E-state index contributed by atoms with van der Waals surface area (Å²) in [5.41, 5.74) is 2.13.